The monoisotopic (exact) mass is 532 g/mol. The molecular weight excluding hydrogens is 477 g/mol. The molecule has 5 heteroatoms. The third kappa shape index (κ3) is 4.60. The normalized spacial score (nSPS) is 39.6. The van der Waals surface area contributed by atoms with Gasteiger partial charge >= 0.3 is 0 Å². The third-order valence-corrected chi connectivity index (χ3v) is 21.3. The molecule has 0 aromatic heterocycles. The van der Waals surface area contributed by atoms with E-state index in [1.54, 1.807) is 0 Å². The Morgan fingerprint density at radius 1 is 0.861 bits per heavy atom. The molecule has 0 heterocycles. The average molecular weight is 533 g/mol. The fourth-order valence-corrected chi connectivity index (χ4v) is 10.8. The SMILES string of the molecule is CC(C)(C)[Si](C)(C)O[C@H]1CC[C@@]2(C=O)C(=CCC3C2CC[C@@]2(C)C3CC[C@@H]2O[Si](C)(C)C(C)(C)C)C1. The number of carbonyl (C=O) groups is 1. The van der Waals surface area contributed by atoms with Gasteiger partial charge in [0, 0.05) is 6.10 Å². The summed E-state index contributed by atoms with van der Waals surface area (Å²) in [5.74, 6) is 1.82. The molecule has 3 saturated carbocycles. The van der Waals surface area contributed by atoms with Gasteiger partial charge in [-0.3, -0.25) is 0 Å². The van der Waals surface area contributed by atoms with Gasteiger partial charge < -0.3 is 13.6 Å². The van der Waals surface area contributed by atoms with E-state index >= 15 is 0 Å². The van der Waals surface area contributed by atoms with Gasteiger partial charge in [0.1, 0.15) is 6.29 Å². The number of hydrogen-bond donors (Lipinski definition) is 0. The first-order valence-corrected chi connectivity index (χ1v) is 20.7. The first-order chi connectivity index (χ1) is 16.4. The molecule has 206 valence electrons. The molecule has 3 nitrogen and oxygen atoms in total. The predicted octanol–water partition coefficient (Wildman–Crippen LogP) is 8.91. The van der Waals surface area contributed by atoms with Crippen LogP contribution >= 0.6 is 0 Å². The zero-order valence-electron chi connectivity index (χ0n) is 25.4. The minimum absolute atomic E-state index is 0.220. The van der Waals surface area contributed by atoms with Crippen molar-refractivity contribution in [2.75, 3.05) is 0 Å². The van der Waals surface area contributed by atoms with Crippen molar-refractivity contribution in [3.63, 3.8) is 0 Å². The van der Waals surface area contributed by atoms with Gasteiger partial charge in [0.25, 0.3) is 0 Å². The molecule has 7 atom stereocenters. The highest BCUT2D eigenvalue weighted by Crippen LogP contribution is 2.65. The maximum absolute atomic E-state index is 13.0. The smallest absolute Gasteiger partial charge is 0.192 e. The molecule has 0 radical (unpaired) electrons. The Bertz CT molecular complexity index is 879. The third-order valence-electron chi connectivity index (χ3n) is 12.3. The standard InChI is InChI=1S/C31H56O3Si2/c1-28(2,3)35(8,9)33-23-16-19-31(21-32)22(20-23)12-13-24-25-14-15-27(30(25,7)18-17-26(24)31)34-36(10,11)29(4,5)6/h12,21,23-27H,13-20H2,1-11H3/t23-,24?,25?,26?,27-,30-,31+/m0/s1. The molecule has 36 heavy (non-hydrogen) atoms. The van der Waals surface area contributed by atoms with Gasteiger partial charge in [-0.1, -0.05) is 60.1 Å². The van der Waals surface area contributed by atoms with E-state index in [0.717, 1.165) is 25.7 Å². The minimum atomic E-state index is -1.81. The van der Waals surface area contributed by atoms with E-state index in [1.807, 2.05) is 0 Å². The molecule has 4 aliphatic rings. The quantitative estimate of drug-likeness (QED) is 0.201. The minimum Gasteiger partial charge on any atom is -0.414 e. The van der Waals surface area contributed by atoms with Crippen molar-refractivity contribution >= 4 is 22.9 Å². The summed E-state index contributed by atoms with van der Waals surface area (Å²) in [6, 6.07) is 0. The van der Waals surface area contributed by atoms with Gasteiger partial charge in [0.15, 0.2) is 16.6 Å². The molecule has 0 amide bonds. The van der Waals surface area contributed by atoms with E-state index < -0.39 is 16.6 Å². The van der Waals surface area contributed by atoms with Crippen molar-refractivity contribution in [3.05, 3.63) is 11.6 Å². The second kappa shape index (κ2) is 9.16. The lowest BCUT2D eigenvalue weighted by molar-refractivity contribution is -0.127. The summed E-state index contributed by atoms with van der Waals surface area (Å²) < 4.78 is 14.0. The first-order valence-electron chi connectivity index (χ1n) is 14.9. The van der Waals surface area contributed by atoms with Crippen LogP contribution in [-0.2, 0) is 13.6 Å². The van der Waals surface area contributed by atoms with E-state index in [2.05, 4.69) is 80.7 Å². The average Bonchev–Trinajstić information content (AvgIpc) is 3.07. The van der Waals surface area contributed by atoms with Crippen LogP contribution in [0.5, 0.6) is 0 Å². The molecule has 0 saturated heterocycles. The predicted molar refractivity (Wildman–Crippen MR) is 156 cm³/mol. The fourth-order valence-electron chi connectivity index (χ4n) is 7.92. The van der Waals surface area contributed by atoms with Crippen LogP contribution < -0.4 is 0 Å². The Balaban J connectivity index is 1.54. The lowest BCUT2D eigenvalue weighted by Crippen LogP contribution is -2.55. The van der Waals surface area contributed by atoms with Crippen molar-refractivity contribution in [2.45, 2.75) is 148 Å². The van der Waals surface area contributed by atoms with Crippen LogP contribution in [0.15, 0.2) is 11.6 Å². The maximum atomic E-state index is 13.0. The van der Waals surface area contributed by atoms with Crippen molar-refractivity contribution in [1.29, 1.82) is 0 Å². The number of allylic oxidation sites excluding steroid dienone is 1. The molecule has 4 aliphatic carbocycles. The molecule has 3 fully saturated rings. The molecule has 0 bridgehead atoms. The lowest BCUT2D eigenvalue weighted by Gasteiger charge is -2.58. The van der Waals surface area contributed by atoms with Crippen molar-refractivity contribution in [3.8, 4) is 0 Å². The molecule has 0 N–H and O–H groups in total. The second-order valence-corrected chi connectivity index (χ2v) is 25.7. The molecular formula is C31H56O3Si2. The summed E-state index contributed by atoms with van der Waals surface area (Å²) in [6.07, 6.45) is 13.5. The molecule has 4 rings (SSSR count). The van der Waals surface area contributed by atoms with Gasteiger partial charge in [-0.15, -0.1) is 0 Å². The Labute approximate surface area is 224 Å². The van der Waals surface area contributed by atoms with E-state index in [9.17, 15) is 4.79 Å². The number of fused-ring (bicyclic) bond motifs is 5. The van der Waals surface area contributed by atoms with Crippen LogP contribution in [-0.4, -0.2) is 35.1 Å². The van der Waals surface area contributed by atoms with Crippen LogP contribution in [0.25, 0.3) is 0 Å². The van der Waals surface area contributed by atoms with Gasteiger partial charge in [-0.2, -0.15) is 0 Å². The topological polar surface area (TPSA) is 35.5 Å². The Morgan fingerprint density at radius 2 is 1.47 bits per heavy atom. The van der Waals surface area contributed by atoms with Crippen LogP contribution in [0, 0.1) is 28.6 Å². The molecule has 0 aromatic rings. The van der Waals surface area contributed by atoms with Gasteiger partial charge in [0.2, 0.25) is 0 Å². The zero-order valence-corrected chi connectivity index (χ0v) is 27.4. The van der Waals surface area contributed by atoms with Crippen LogP contribution in [0.4, 0.5) is 0 Å². The summed E-state index contributed by atoms with van der Waals surface area (Å²) in [5.41, 5.74) is 1.44. The van der Waals surface area contributed by atoms with Gasteiger partial charge in [0.05, 0.1) is 11.5 Å². The van der Waals surface area contributed by atoms with E-state index in [-0.39, 0.29) is 27.0 Å². The van der Waals surface area contributed by atoms with Gasteiger partial charge in [-0.05, 0) is 111 Å². The van der Waals surface area contributed by atoms with E-state index in [1.165, 1.54) is 37.5 Å². The number of carbonyl (C=O) groups excluding carboxylic acids is 1. The maximum Gasteiger partial charge on any atom is 0.192 e. The van der Waals surface area contributed by atoms with Gasteiger partial charge in [-0.25, -0.2) is 0 Å². The highest BCUT2D eigenvalue weighted by atomic mass is 28.4. The number of rotatable bonds is 5. The van der Waals surface area contributed by atoms with E-state index in [0.29, 0.717) is 23.9 Å². The highest BCUT2D eigenvalue weighted by molar-refractivity contribution is 6.74. The Morgan fingerprint density at radius 3 is 2.06 bits per heavy atom. The van der Waals surface area contributed by atoms with Crippen LogP contribution in [0.3, 0.4) is 0 Å². The fraction of sp³-hybridized carbons (Fsp3) is 0.903. The Kier molecular flexibility index (Phi) is 7.32. The summed E-state index contributed by atoms with van der Waals surface area (Å²) in [4.78, 5) is 13.0. The van der Waals surface area contributed by atoms with Crippen molar-refractivity contribution < 1.29 is 13.6 Å². The van der Waals surface area contributed by atoms with Crippen LogP contribution in [0.2, 0.25) is 36.3 Å². The van der Waals surface area contributed by atoms with Crippen molar-refractivity contribution in [1.82, 2.24) is 0 Å². The molecule has 0 aliphatic heterocycles. The summed E-state index contributed by atoms with van der Waals surface area (Å²) in [6.45, 7) is 26.1. The van der Waals surface area contributed by atoms with E-state index in [4.69, 9.17) is 8.85 Å². The number of hydrogen-bond acceptors (Lipinski definition) is 3. The largest absolute Gasteiger partial charge is 0.414 e. The van der Waals surface area contributed by atoms with Crippen molar-refractivity contribution in [2.24, 2.45) is 28.6 Å². The first kappa shape index (κ1) is 28.8. The zero-order chi connectivity index (χ0) is 26.9. The summed E-state index contributed by atoms with van der Waals surface area (Å²) >= 11 is 0. The summed E-state index contributed by atoms with van der Waals surface area (Å²) in [5, 5.41) is 0.464. The molecule has 0 aromatic carbocycles. The molecule has 0 spiro atoms. The Hall–Kier alpha value is -0.236. The second-order valence-electron chi connectivity index (χ2n) is 16.2. The number of aldehydes is 1. The lowest BCUT2D eigenvalue weighted by atomic mass is 9.48. The van der Waals surface area contributed by atoms with Crippen LogP contribution in [0.1, 0.15) is 99.8 Å². The molecule has 3 unspecified atom stereocenters. The summed E-state index contributed by atoms with van der Waals surface area (Å²) in [7, 11) is -3.62. The highest BCUT2D eigenvalue weighted by Gasteiger charge is 2.61.